The second-order valence-electron chi connectivity index (χ2n) is 5.18. The van der Waals surface area contributed by atoms with Gasteiger partial charge in [-0.15, -0.1) is 0 Å². The van der Waals surface area contributed by atoms with E-state index in [1.165, 1.54) is 12.8 Å². The minimum atomic E-state index is -0.231. The predicted molar refractivity (Wildman–Crippen MR) is 85.2 cm³/mol. The van der Waals surface area contributed by atoms with Crippen LogP contribution >= 0.6 is 0 Å². The summed E-state index contributed by atoms with van der Waals surface area (Å²) in [4.78, 5) is 12.2. The summed E-state index contributed by atoms with van der Waals surface area (Å²) in [6.45, 7) is 2.50. The van der Waals surface area contributed by atoms with Crippen LogP contribution in [0.15, 0.2) is 54.6 Å². The van der Waals surface area contributed by atoms with E-state index < -0.39 is 0 Å². The summed E-state index contributed by atoms with van der Waals surface area (Å²) < 4.78 is 5.42. The number of carbonyl (C=O) groups excluding carboxylic acids is 1. The highest BCUT2D eigenvalue weighted by Crippen LogP contribution is 2.15. The van der Waals surface area contributed by atoms with Gasteiger partial charge in [-0.2, -0.15) is 0 Å². The number of esters is 1. The third-order valence-electron chi connectivity index (χ3n) is 3.50. The molecule has 0 saturated heterocycles. The van der Waals surface area contributed by atoms with Gasteiger partial charge in [0, 0.05) is 0 Å². The Bertz CT molecular complexity index is 561. The van der Waals surface area contributed by atoms with Gasteiger partial charge in [-0.1, -0.05) is 68.3 Å². The van der Waals surface area contributed by atoms with Crippen LogP contribution in [-0.4, -0.2) is 5.97 Å². The lowest BCUT2D eigenvalue weighted by atomic mass is 10.0. The van der Waals surface area contributed by atoms with Crippen LogP contribution in [-0.2, 0) is 17.8 Å². The molecule has 110 valence electrons. The number of hydrogen-bond donors (Lipinski definition) is 0. The Morgan fingerprint density at radius 1 is 0.952 bits per heavy atom. The molecular weight excluding hydrogens is 260 g/mol. The first-order chi connectivity index (χ1) is 10.3. The van der Waals surface area contributed by atoms with Crippen molar-refractivity contribution < 1.29 is 9.53 Å². The predicted octanol–water partition coefficient (Wildman–Crippen LogP) is 4.78. The molecule has 2 aromatic carbocycles. The van der Waals surface area contributed by atoms with Gasteiger partial charge in [0.2, 0.25) is 0 Å². The van der Waals surface area contributed by atoms with Crippen LogP contribution in [0.3, 0.4) is 0 Å². The molecule has 0 spiro atoms. The van der Waals surface area contributed by atoms with Gasteiger partial charge in [0.05, 0.1) is 5.56 Å². The van der Waals surface area contributed by atoms with Gasteiger partial charge in [-0.3, -0.25) is 0 Å². The van der Waals surface area contributed by atoms with E-state index in [9.17, 15) is 4.79 Å². The number of ether oxygens (including phenoxy) is 1. The zero-order valence-corrected chi connectivity index (χ0v) is 12.5. The standard InChI is InChI=1S/C19H22O2/c1-2-3-5-12-17-13-8-9-14-18(17)19(20)21-15-16-10-6-4-7-11-16/h4,6-11,13-14H,2-3,5,12,15H2,1H3. The van der Waals surface area contributed by atoms with E-state index in [-0.39, 0.29) is 5.97 Å². The second kappa shape index (κ2) is 8.25. The molecule has 0 aromatic heterocycles. The monoisotopic (exact) mass is 282 g/mol. The highest BCUT2D eigenvalue weighted by Gasteiger charge is 2.12. The Balaban J connectivity index is 1.98. The van der Waals surface area contributed by atoms with Gasteiger partial charge in [-0.05, 0) is 30.0 Å². The van der Waals surface area contributed by atoms with Crippen molar-refractivity contribution in [1.29, 1.82) is 0 Å². The Labute approximate surface area is 126 Å². The molecule has 2 aromatic rings. The van der Waals surface area contributed by atoms with E-state index in [0.717, 1.165) is 24.0 Å². The molecule has 0 radical (unpaired) electrons. The molecule has 0 atom stereocenters. The van der Waals surface area contributed by atoms with Crippen LogP contribution in [0, 0.1) is 0 Å². The molecule has 2 heteroatoms. The maximum Gasteiger partial charge on any atom is 0.338 e. The van der Waals surface area contributed by atoms with Crippen LogP contribution < -0.4 is 0 Å². The summed E-state index contributed by atoms with van der Waals surface area (Å²) in [6.07, 6.45) is 4.41. The SMILES string of the molecule is CCCCCc1ccccc1C(=O)OCc1ccccc1. The Hall–Kier alpha value is -2.09. The minimum Gasteiger partial charge on any atom is -0.457 e. The first-order valence-corrected chi connectivity index (χ1v) is 7.60. The molecule has 0 N–H and O–H groups in total. The molecular formula is C19H22O2. The normalized spacial score (nSPS) is 10.3. The van der Waals surface area contributed by atoms with Gasteiger partial charge in [0.1, 0.15) is 6.61 Å². The zero-order valence-electron chi connectivity index (χ0n) is 12.5. The summed E-state index contributed by atoms with van der Waals surface area (Å²) in [5.41, 5.74) is 2.79. The zero-order chi connectivity index (χ0) is 14.9. The highest BCUT2D eigenvalue weighted by atomic mass is 16.5. The Morgan fingerprint density at radius 2 is 1.67 bits per heavy atom. The fraction of sp³-hybridized carbons (Fsp3) is 0.316. The number of rotatable bonds is 7. The number of unbranched alkanes of at least 4 members (excludes halogenated alkanes) is 2. The lowest BCUT2D eigenvalue weighted by Crippen LogP contribution is -2.08. The van der Waals surface area contributed by atoms with Crippen molar-refractivity contribution in [3.8, 4) is 0 Å². The van der Waals surface area contributed by atoms with Gasteiger partial charge in [0.25, 0.3) is 0 Å². The van der Waals surface area contributed by atoms with Gasteiger partial charge < -0.3 is 4.74 Å². The molecule has 0 fully saturated rings. The molecule has 0 aliphatic rings. The number of carbonyl (C=O) groups is 1. The maximum absolute atomic E-state index is 12.2. The molecule has 2 nitrogen and oxygen atoms in total. The van der Waals surface area contributed by atoms with Crippen LogP contribution in [0.25, 0.3) is 0 Å². The summed E-state index contributed by atoms with van der Waals surface area (Å²) in [5, 5.41) is 0. The van der Waals surface area contributed by atoms with Crippen LogP contribution in [0.5, 0.6) is 0 Å². The fourth-order valence-corrected chi connectivity index (χ4v) is 2.30. The highest BCUT2D eigenvalue weighted by molar-refractivity contribution is 5.91. The summed E-state index contributed by atoms with van der Waals surface area (Å²) in [5.74, 6) is -0.231. The molecule has 0 aliphatic carbocycles. The largest absolute Gasteiger partial charge is 0.457 e. The summed E-state index contributed by atoms with van der Waals surface area (Å²) in [7, 11) is 0. The first-order valence-electron chi connectivity index (χ1n) is 7.60. The molecule has 0 saturated carbocycles. The maximum atomic E-state index is 12.2. The second-order valence-corrected chi connectivity index (χ2v) is 5.18. The molecule has 2 rings (SSSR count). The number of aryl methyl sites for hydroxylation is 1. The van der Waals surface area contributed by atoms with E-state index in [2.05, 4.69) is 6.92 Å². The molecule has 0 bridgehead atoms. The van der Waals surface area contributed by atoms with Crippen molar-refractivity contribution in [1.82, 2.24) is 0 Å². The number of benzene rings is 2. The van der Waals surface area contributed by atoms with Gasteiger partial charge in [-0.25, -0.2) is 4.79 Å². The van der Waals surface area contributed by atoms with Gasteiger partial charge >= 0.3 is 5.97 Å². The molecule has 0 aliphatic heterocycles. The Morgan fingerprint density at radius 3 is 2.43 bits per heavy atom. The van der Waals surface area contributed by atoms with Crippen molar-refractivity contribution in [2.24, 2.45) is 0 Å². The third-order valence-corrected chi connectivity index (χ3v) is 3.50. The van der Waals surface area contributed by atoms with E-state index in [0.29, 0.717) is 12.2 Å². The van der Waals surface area contributed by atoms with Crippen molar-refractivity contribution in [3.63, 3.8) is 0 Å². The third kappa shape index (κ3) is 4.75. The average Bonchev–Trinajstić information content (AvgIpc) is 2.54. The topological polar surface area (TPSA) is 26.3 Å². The minimum absolute atomic E-state index is 0.231. The fourth-order valence-electron chi connectivity index (χ4n) is 2.30. The van der Waals surface area contributed by atoms with Gasteiger partial charge in [0.15, 0.2) is 0 Å². The quantitative estimate of drug-likeness (QED) is 0.540. The van der Waals surface area contributed by atoms with Crippen molar-refractivity contribution in [3.05, 3.63) is 71.3 Å². The van der Waals surface area contributed by atoms with Crippen LogP contribution in [0.4, 0.5) is 0 Å². The molecule has 0 unspecified atom stereocenters. The van der Waals surface area contributed by atoms with E-state index in [4.69, 9.17) is 4.74 Å². The van der Waals surface area contributed by atoms with Crippen LogP contribution in [0.1, 0.15) is 47.7 Å². The average molecular weight is 282 g/mol. The number of hydrogen-bond acceptors (Lipinski definition) is 2. The van der Waals surface area contributed by atoms with E-state index in [1.807, 2.05) is 54.6 Å². The summed E-state index contributed by atoms with van der Waals surface area (Å²) in [6, 6.07) is 17.5. The summed E-state index contributed by atoms with van der Waals surface area (Å²) >= 11 is 0. The van der Waals surface area contributed by atoms with Crippen molar-refractivity contribution >= 4 is 5.97 Å². The lowest BCUT2D eigenvalue weighted by Gasteiger charge is -2.09. The molecule has 21 heavy (non-hydrogen) atoms. The lowest BCUT2D eigenvalue weighted by molar-refractivity contribution is 0.0471. The Kier molecular flexibility index (Phi) is 6.01. The van der Waals surface area contributed by atoms with E-state index in [1.54, 1.807) is 0 Å². The van der Waals surface area contributed by atoms with Crippen LogP contribution in [0.2, 0.25) is 0 Å². The van der Waals surface area contributed by atoms with Crippen molar-refractivity contribution in [2.45, 2.75) is 39.2 Å². The molecule has 0 amide bonds. The first kappa shape index (κ1) is 15.3. The van der Waals surface area contributed by atoms with Crippen molar-refractivity contribution in [2.75, 3.05) is 0 Å². The van der Waals surface area contributed by atoms with E-state index >= 15 is 0 Å². The smallest absolute Gasteiger partial charge is 0.338 e. The molecule has 0 heterocycles.